The predicted molar refractivity (Wildman–Crippen MR) is 119 cm³/mol. The highest BCUT2D eigenvalue weighted by Crippen LogP contribution is 2.44. The average molecular weight is 356 g/mol. The SMILES string of the molecule is C1=C(c2ccccc2)c2ccccc2C1=C(c1ccccc1)c1ccccc1. The zero-order chi connectivity index (χ0) is 18.8. The van der Waals surface area contributed by atoms with Crippen LogP contribution in [0, 0.1) is 0 Å². The lowest BCUT2D eigenvalue weighted by molar-refractivity contribution is 1.53. The summed E-state index contributed by atoms with van der Waals surface area (Å²) >= 11 is 0. The van der Waals surface area contributed by atoms with Gasteiger partial charge in [0.15, 0.2) is 0 Å². The van der Waals surface area contributed by atoms with Gasteiger partial charge in [0.2, 0.25) is 0 Å². The molecule has 1 aliphatic carbocycles. The van der Waals surface area contributed by atoms with Crippen LogP contribution in [-0.2, 0) is 0 Å². The minimum Gasteiger partial charge on any atom is -0.0622 e. The Labute approximate surface area is 166 Å². The molecule has 5 rings (SSSR count). The lowest BCUT2D eigenvalue weighted by Gasteiger charge is -2.13. The number of benzene rings is 4. The molecule has 4 aromatic carbocycles. The van der Waals surface area contributed by atoms with E-state index in [-0.39, 0.29) is 0 Å². The lowest BCUT2D eigenvalue weighted by atomic mass is 9.90. The van der Waals surface area contributed by atoms with Crippen molar-refractivity contribution in [1.82, 2.24) is 0 Å². The molecule has 28 heavy (non-hydrogen) atoms. The Morgan fingerprint density at radius 2 is 0.893 bits per heavy atom. The molecule has 0 saturated carbocycles. The summed E-state index contributed by atoms with van der Waals surface area (Å²) < 4.78 is 0. The molecule has 0 saturated heterocycles. The van der Waals surface area contributed by atoms with Gasteiger partial charge in [0, 0.05) is 0 Å². The highest BCUT2D eigenvalue weighted by Gasteiger charge is 2.23. The molecule has 0 unspecified atom stereocenters. The van der Waals surface area contributed by atoms with Crippen molar-refractivity contribution in [3.63, 3.8) is 0 Å². The van der Waals surface area contributed by atoms with Crippen molar-refractivity contribution >= 4 is 16.7 Å². The highest BCUT2D eigenvalue weighted by molar-refractivity contribution is 6.11. The van der Waals surface area contributed by atoms with E-state index in [0.717, 1.165) is 0 Å². The molecule has 0 aliphatic heterocycles. The normalized spacial score (nSPS) is 12.4. The standard InChI is InChI=1S/C28H20/c1-4-12-21(13-5-1)26-20-27(25-19-11-10-18-24(25)26)28(22-14-6-2-7-15-22)23-16-8-3-9-17-23/h1-20H. The summed E-state index contributed by atoms with van der Waals surface area (Å²) in [5.41, 5.74) is 10.2. The minimum absolute atomic E-state index is 1.24. The molecule has 0 heteroatoms. The monoisotopic (exact) mass is 356 g/mol. The third-order valence-corrected chi connectivity index (χ3v) is 5.28. The van der Waals surface area contributed by atoms with Gasteiger partial charge < -0.3 is 0 Å². The Morgan fingerprint density at radius 1 is 0.429 bits per heavy atom. The zero-order valence-electron chi connectivity index (χ0n) is 15.5. The van der Waals surface area contributed by atoms with E-state index in [9.17, 15) is 0 Å². The zero-order valence-corrected chi connectivity index (χ0v) is 15.5. The predicted octanol–water partition coefficient (Wildman–Crippen LogP) is 7.09. The molecule has 0 atom stereocenters. The number of allylic oxidation sites excluding steroid dienone is 2. The fourth-order valence-corrected chi connectivity index (χ4v) is 4.00. The van der Waals surface area contributed by atoms with Crippen molar-refractivity contribution in [2.45, 2.75) is 0 Å². The van der Waals surface area contributed by atoms with Crippen molar-refractivity contribution in [3.8, 4) is 0 Å². The van der Waals surface area contributed by atoms with E-state index in [4.69, 9.17) is 0 Å². The molecule has 0 spiro atoms. The third-order valence-electron chi connectivity index (χ3n) is 5.28. The molecule has 0 fully saturated rings. The number of rotatable bonds is 3. The molecular weight excluding hydrogens is 336 g/mol. The van der Waals surface area contributed by atoms with E-state index in [1.54, 1.807) is 0 Å². The molecular formula is C28H20. The fourth-order valence-electron chi connectivity index (χ4n) is 4.00. The van der Waals surface area contributed by atoms with E-state index < -0.39 is 0 Å². The first-order valence-electron chi connectivity index (χ1n) is 9.64. The second-order valence-electron chi connectivity index (χ2n) is 6.99. The Morgan fingerprint density at radius 3 is 1.46 bits per heavy atom. The van der Waals surface area contributed by atoms with Crippen LogP contribution in [0.5, 0.6) is 0 Å². The molecule has 0 amide bonds. The molecule has 0 radical (unpaired) electrons. The van der Waals surface area contributed by atoms with Gasteiger partial charge in [-0.25, -0.2) is 0 Å². The fraction of sp³-hybridized carbons (Fsp3) is 0. The Bertz CT molecular complexity index is 1120. The van der Waals surface area contributed by atoms with E-state index in [1.165, 1.54) is 44.5 Å². The van der Waals surface area contributed by atoms with Crippen LogP contribution in [0.2, 0.25) is 0 Å². The summed E-state index contributed by atoms with van der Waals surface area (Å²) in [6, 6.07) is 40.8. The molecule has 0 heterocycles. The van der Waals surface area contributed by atoms with Crippen LogP contribution in [0.15, 0.2) is 121 Å². The van der Waals surface area contributed by atoms with Gasteiger partial charge in [-0.2, -0.15) is 0 Å². The summed E-state index contributed by atoms with van der Waals surface area (Å²) in [4.78, 5) is 0. The van der Waals surface area contributed by atoms with Crippen LogP contribution in [0.25, 0.3) is 16.7 Å². The number of hydrogen-bond acceptors (Lipinski definition) is 0. The van der Waals surface area contributed by atoms with Crippen molar-refractivity contribution in [3.05, 3.63) is 149 Å². The Kier molecular flexibility index (Phi) is 4.23. The molecule has 0 nitrogen and oxygen atoms in total. The quantitative estimate of drug-likeness (QED) is 0.367. The van der Waals surface area contributed by atoms with Crippen LogP contribution in [0.1, 0.15) is 27.8 Å². The van der Waals surface area contributed by atoms with Crippen LogP contribution in [0.3, 0.4) is 0 Å². The van der Waals surface area contributed by atoms with E-state index in [1.807, 2.05) is 0 Å². The third kappa shape index (κ3) is 2.90. The van der Waals surface area contributed by atoms with Crippen LogP contribution >= 0.6 is 0 Å². The maximum Gasteiger partial charge on any atom is -0.00324 e. The first kappa shape index (κ1) is 16.5. The van der Waals surface area contributed by atoms with Crippen molar-refractivity contribution in [1.29, 1.82) is 0 Å². The second kappa shape index (κ2) is 7.17. The van der Waals surface area contributed by atoms with Gasteiger partial charge in [-0.05, 0) is 50.6 Å². The van der Waals surface area contributed by atoms with Gasteiger partial charge in [0.1, 0.15) is 0 Å². The van der Waals surface area contributed by atoms with Crippen molar-refractivity contribution in [2.75, 3.05) is 0 Å². The first-order valence-corrected chi connectivity index (χ1v) is 9.64. The number of hydrogen-bond donors (Lipinski definition) is 0. The highest BCUT2D eigenvalue weighted by atomic mass is 14.3. The van der Waals surface area contributed by atoms with Gasteiger partial charge in [0.05, 0.1) is 0 Å². The average Bonchev–Trinajstić information content (AvgIpc) is 3.16. The van der Waals surface area contributed by atoms with Gasteiger partial charge >= 0.3 is 0 Å². The summed E-state index contributed by atoms with van der Waals surface area (Å²) in [7, 11) is 0. The smallest absolute Gasteiger partial charge is 0.00324 e. The Hall–Kier alpha value is -3.64. The summed E-state index contributed by atoms with van der Waals surface area (Å²) in [6.07, 6.45) is 2.36. The molecule has 0 N–H and O–H groups in total. The minimum atomic E-state index is 1.24. The van der Waals surface area contributed by atoms with Crippen molar-refractivity contribution < 1.29 is 0 Å². The van der Waals surface area contributed by atoms with Crippen LogP contribution < -0.4 is 0 Å². The van der Waals surface area contributed by atoms with Crippen LogP contribution in [0.4, 0.5) is 0 Å². The topological polar surface area (TPSA) is 0 Å². The molecule has 4 aromatic rings. The Balaban J connectivity index is 1.83. The second-order valence-corrected chi connectivity index (χ2v) is 6.99. The molecule has 0 aromatic heterocycles. The van der Waals surface area contributed by atoms with E-state index >= 15 is 0 Å². The van der Waals surface area contributed by atoms with Gasteiger partial charge in [-0.15, -0.1) is 0 Å². The molecule has 1 aliphatic rings. The van der Waals surface area contributed by atoms with Gasteiger partial charge in [-0.3, -0.25) is 0 Å². The maximum atomic E-state index is 2.36. The van der Waals surface area contributed by atoms with E-state index in [2.05, 4.69) is 121 Å². The maximum absolute atomic E-state index is 2.36. The van der Waals surface area contributed by atoms with E-state index in [0.29, 0.717) is 0 Å². The molecule has 132 valence electrons. The summed E-state index contributed by atoms with van der Waals surface area (Å²) in [5, 5.41) is 0. The van der Waals surface area contributed by atoms with Crippen molar-refractivity contribution in [2.24, 2.45) is 0 Å². The van der Waals surface area contributed by atoms with Gasteiger partial charge in [-0.1, -0.05) is 115 Å². The first-order chi connectivity index (χ1) is 13.9. The van der Waals surface area contributed by atoms with Crippen LogP contribution in [-0.4, -0.2) is 0 Å². The molecule has 0 bridgehead atoms. The lowest BCUT2D eigenvalue weighted by Crippen LogP contribution is -1.92. The largest absolute Gasteiger partial charge is 0.0622 e. The van der Waals surface area contributed by atoms with Gasteiger partial charge in [0.25, 0.3) is 0 Å². The summed E-state index contributed by atoms with van der Waals surface area (Å²) in [5.74, 6) is 0. The summed E-state index contributed by atoms with van der Waals surface area (Å²) in [6.45, 7) is 0. The number of fused-ring (bicyclic) bond motifs is 1.